The van der Waals surface area contributed by atoms with Crippen LogP contribution in [0.2, 0.25) is 0 Å². The Morgan fingerprint density at radius 2 is 1.11 bits per heavy atom. The van der Waals surface area contributed by atoms with Crippen molar-refractivity contribution < 1.29 is 10.2 Å². The van der Waals surface area contributed by atoms with E-state index in [0.717, 1.165) is 57.1 Å². The van der Waals surface area contributed by atoms with Crippen molar-refractivity contribution in [3.05, 3.63) is 71.8 Å². The van der Waals surface area contributed by atoms with Gasteiger partial charge in [0.2, 0.25) is 0 Å². The number of nitrogens with one attached hydrogen (secondary N) is 2. The zero-order valence-electron chi connectivity index (χ0n) is 20.2. The van der Waals surface area contributed by atoms with E-state index in [0.29, 0.717) is 0 Å². The largest absolute Gasteiger partial charge is 0.851 e. The van der Waals surface area contributed by atoms with Crippen LogP contribution in [0.15, 0.2) is 60.7 Å². The third-order valence-corrected chi connectivity index (χ3v) is 9.54. The number of fused-ring (bicyclic) bond motifs is 4. The minimum absolute atomic E-state index is 0.0233. The molecule has 2 atom stereocenters. The lowest BCUT2D eigenvalue weighted by atomic mass is 9.62. The predicted molar refractivity (Wildman–Crippen MR) is 140 cm³/mol. The Kier molecular flexibility index (Phi) is 3.23. The fraction of sp³-hybridized carbons (Fsp3) is 0.333. The number of anilines is 4. The number of benzene rings is 4. The summed E-state index contributed by atoms with van der Waals surface area (Å²) in [5.74, 6) is -1.08. The van der Waals surface area contributed by atoms with Gasteiger partial charge in [-0.1, -0.05) is 36.4 Å². The van der Waals surface area contributed by atoms with Gasteiger partial charge in [0.15, 0.2) is 0 Å². The van der Waals surface area contributed by atoms with Gasteiger partial charge in [0.1, 0.15) is 11.3 Å². The maximum absolute atomic E-state index is 13.8. The summed E-state index contributed by atoms with van der Waals surface area (Å²) >= 11 is 0. The Bertz CT molecular complexity index is 1540. The zero-order chi connectivity index (χ0) is 24.1. The zero-order valence-corrected chi connectivity index (χ0v) is 20.2. The number of hydrogen-bond donors (Lipinski definition) is 2. The third kappa shape index (κ3) is 2.18. The van der Waals surface area contributed by atoms with Gasteiger partial charge in [0, 0.05) is 33.5 Å². The molecule has 6 heteroatoms. The Morgan fingerprint density at radius 1 is 0.667 bits per heavy atom. The second-order valence-corrected chi connectivity index (χ2v) is 11.8. The van der Waals surface area contributed by atoms with Crippen molar-refractivity contribution in [3.8, 4) is 0 Å². The summed E-state index contributed by atoms with van der Waals surface area (Å²) in [6, 6.07) is 20.8. The first-order valence-corrected chi connectivity index (χ1v) is 12.9. The second-order valence-electron chi connectivity index (χ2n) is 11.8. The summed E-state index contributed by atoms with van der Waals surface area (Å²) in [5, 5.41) is 39.3. The molecule has 0 amide bonds. The van der Waals surface area contributed by atoms with Crippen LogP contribution in [0.1, 0.15) is 36.8 Å². The first-order valence-electron chi connectivity index (χ1n) is 12.9. The standard InChI is InChI=1S/C30H26N4O2/c1-29-13-33(29)21-7-3-5-15-17(9-11-19(31-29)23(15)21)25-27(35)26(28(25)36)18-10-12-20-24-16(18)6-4-8-22(24)34-14-30(34,2)32-20/h3-12,25-28,31-32H,13-14H2,1-2H3/q-2. The molecule has 0 radical (unpaired) electrons. The van der Waals surface area contributed by atoms with Gasteiger partial charge in [-0.15, -0.1) is 12.2 Å². The molecular formula is C30H26N4O2-2. The quantitative estimate of drug-likeness (QED) is 0.435. The van der Waals surface area contributed by atoms with Crippen LogP contribution in [0.5, 0.6) is 0 Å². The molecule has 0 spiro atoms. The maximum atomic E-state index is 13.8. The van der Waals surface area contributed by atoms with Crippen LogP contribution in [0, 0.1) is 0 Å². The van der Waals surface area contributed by atoms with Gasteiger partial charge < -0.3 is 30.6 Å². The van der Waals surface area contributed by atoms with Crippen LogP contribution in [0.25, 0.3) is 21.5 Å². The highest BCUT2D eigenvalue weighted by Gasteiger charge is 2.53. The Hall–Kier alpha value is -3.48. The van der Waals surface area contributed by atoms with Crippen LogP contribution >= 0.6 is 0 Å². The summed E-state index contributed by atoms with van der Waals surface area (Å²) < 4.78 is 0. The van der Waals surface area contributed by atoms with E-state index in [2.05, 4.69) is 82.8 Å². The first kappa shape index (κ1) is 19.7. The SMILES string of the molecule is CC12CN1c1cccc3c(C4C([O-])C(c5ccc6c7c(cccc57)N5CC5(C)N6)C4[O-])ccc(c13)N2. The molecule has 2 N–H and O–H groups in total. The van der Waals surface area contributed by atoms with Crippen molar-refractivity contribution in [3.63, 3.8) is 0 Å². The van der Waals surface area contributed by atoms with E-state index >= 15 is 0 Å². The maximum Gasteiger partial charge on any atom is 0.126 e. The predicted octanol–water partition coefficient (Wildman–Crippen LogP) is 3.26. The van der Waals surface area contributed by atoms with Gasteiger partial charge in [0.05, 0.1) is 13.1 Å². The van der Waals surface area contributed by atoms with Crippen LogP contribution in [-0.4, -0.2) is 36.6 Å². The van der Waals surface area contributed by atoms with Gasteiger partial charge >= 0.3 is 0 Å². The molecule has 0 aromatic heterocycles. The summed E-state index contributed by atoms with van der Waals surface area (Å²) in [7, 11) is 0. The van der Waals surface area contributed by atoms with Crippen molar-refractivity contribution in [1.29, 1.82) is 0 Å². The highest BCUT2D eigenvalue weighted by atomic mass is 16.3. The lowest BCUT2D eigenvalue weighted by Gasteiger charge is -2.62. The van der Waals surface area contributed by atoms with Crippen molar-refractivity contribution in [2.75, 3.05) is 33.5 Å². The molecule has 36 heavy (non-hydrogen) atoms. The van der Waals surface area contributed by atoms with E-state index in [1.807, 2.05) is 12.1 Å². The van der Waals surface area contributed by atoms with Crippen LogP contribution in [-0.2, 0) is 0 Å². The monoisotopic (exact) mass is 474 g/mol. The fourth-order valence-corrected chi connectivity index (χ4v) is 7.48. The van der Waals surface area contributed by atoms with E-state index < -0.39 is 24.0 Å². The molecule has 4 aromatic rings. The summed E-state index contributed by atoms with van der Waals surface area (Å²) in [6.45, 7) is 6.34. The Morgan fingerprint density at radius 3 is 1.56 bits per heavy atom. The fourth-order valence-electron chi connectivity index (χ4n) is 7.48. The van der Waals surface area contributed by atoms with Gasteiger partial charge in [-0.05, 0) is 71.8 Å². The Balaban J connectivity index is 1.14. The van der Waals surface area contributed by atoms with Crippen molar-refractivity contribution >= 4 is 44.3 Å². The lowest BCUT2D eigenvalue weighted by molar-refractivity contribution is -0.535. The molecule has 2 unspecified atom stereocenters. The normalized spacial score (nSPS) is 34.4. The average molecular weight is 475 g/mol. The number of rotatable bonds is 2. The first-order chi connectivity index (χ1) is 17.4. The molecule has 3 fully saturated rings. The molecule has 9 rings (SSSR count). The number of hydrogen-bond acceptors (Lipinski definition) is 6. The highest BCUT2D eigenvalue weighted by Crippen LogP contribution is 2.55. The van der Waals surface area contributed by atoms with Gasteiger partial charge in [-0.2, -0.15) is 0 Å². The molecule has 4 aliphatic heterocycles. The van der Waals surface area contributed by atoms with E-state index in [1.165, 1.54) is 11.4 Å². The van der Waals surface area contributed by atoms with E-state index in [9.17, 15) is 10.2 Å². The van der Waals surface area contributed by atoms with Crippen LogP contribution in [0.4, 0.5) is 22.7 Å². The minimum Gasteiger partial charge on any atom is -0.851 e. The minimum atomic E-state index is -0.965. The third-order valence-electron chi connectivity index (χ3n) is 9.54. The van der Waals surface area contributed by atoms with Gasteiger partial charge in [0.25, 0.3) is 0 Å². The van der Waals surface area contributed by atoms with E-state index in [4.69, 9.17) is 0 Å². The van der Waals surface area contributed by atoms with Crippen molar-refractivity contribution in [2.45, 2.75) is 49.2 Å². The highest BCUT2D eigenvalue weighted by molar-refractivity contribution is 6.10. The molecule has 1 aliphatic carbocycles. The van der Waals surface area contributed by atoms with E-state index in [1.54, 1.807) is 0 Å². The van der Waals surface area contributed by atoms with Crippen LogP contribution < -0.4 is 30.6 Å². The average Bonchev–Trinajstić information content (AvgIpc) is 3.76. The summed E-state index contributed by atoms with van der Waals surface area (Å²) in [5.41, 5.74) is 6.36. The summed E-state index contributed by atoms with van der Waals surface area (Å²) in [6.07, 6.45) is -1.93. The topological polar surface area (TPSA) is 76.2 Å². The van der Waals surface area contributed by atoms with Crippen molar-refractivity contribution in [1.82, 2.24) is 0 Å². The molecule has 4 aromatic carbocycles. The molecule has 6 nitrogen and oxygen atoms in total. The molecule has 1 saturated carbocycles. The molecular weight excluding hydrogens is 448 g/mol. The van der Waals surface area contributed by atoms with Crippen molar-refractivity contribution in [2.24, 2.45) is 0 Å². The molecule has 5 aliphatic rings. The molecule has 180 valence electrons. The smallest absolute Gasteiger partial charge is 0.126 e. The Labute approximate surface area is 209 Å². The molecule has 2 saturated heterocycles. The number of nitrogens with zero attached hydrogens (tertiary/aromatic N) is 2. The van der Waals surface area contributed by atoms with E-state index in [-0.39, 0.29) is 11.3 Å². The molecule has 0 bridgehead atoms. The van der Waals surface area contributed by atoms with Crippen LogP contribution in [0.3, 0.4) is 0 Å². The second kappa shape index (κ2) is 5.90. The van der Waals surface area contributed by atoms with Gasteiger partial charge in [-0.3, -0.25) is 0 Å². The molecule has 4 heterocycles. The lowest BCUT2D eigenvalue weighted by Crippen LogP contribution is -2.63. The van der Waals surface area contributed by atoms with Gasteiger partial charge in [-0.25, -0.2) is 0 Å². The summed E-state index contributed by atoms with van der Waals surface area (Å²) in [4.78, 5) is 4.70.